The van der Waals surface area contributed by atoms with E-state index in [4.69, 9.17) is 4.74 Å². The average molecular weight is 328 g/mol. The maximum Gasteiger partial charge on any atom is 0.133 e. The molecule has 5 heteroatoms. The quantitative estimate of drug-likeness (QED) is 0.891. The zero-order chi connectivity index (χ0) is 13.7. The van der Waals surface area contributed by atoms with E-state index in [1.165, 1.54) is 5.56 Å². The number of hydrogen-bond donors (Lipinski definition) is 1. The van der Waals surface area contributed by atoms with Crippen LogP contribution in [0.15, 0.2) is 22.7 Å². The Hall–Kier alpha value is -0.620. The molecule has 1 aliphatic rings. The number of hydrogen-bond acceptors (Lipinski definition) is 4. The van der Waals surface area contributed by atoms with Gasteiger partial charge in [0.1, 0.15) is 5.75 Å². The molecule has 0 atom stereocenters. The van der Waals surface area contributed by atoms with E-state index in [-0.39, 0.29) is 0 Å². The molecule has 1 aliphatic heterocycles. The van der Waals surface area contributed by atoms with Crippen LogP contribution in [0, 0.1) is 0 Å². The van der Waals surface area contributed by atoms with Crippen LogP contribution in [0.5, 0.6) is 5.75 Å². The van der Waals surface area contributed by atoms with Gasteiger partial charge in [0, 0.05) is 32.7 Å². The minimum atomic E-state index is 0.883. The van der Waals surface area contributed by atoms with Crippen molar-refractivity contribution in [3.05, 3.63) is 28.2 Å². The van der Waals surface area contributed by atoms with Crippen molar-refractivity contribution in [2.24, 2.45) is 0 Å². The van der Waals surface area contributed by atoms with E-state index in [2.05, 4.69) is 50.2 Å². The molecule has 0 spiro atoms. The van der Waals surface area contributed by atoms with Crippen molar-refractivity contribution in [3.63, 3.8) is 0 Å². The van der Waals surface area contributed by atoms with Crippen LogP contribution in [-0.4, -0.2) is 56.8 Å². The van der Waals surface area contributed by atoms with Crippen LogP contribution in [0.25, 0.3) is 0 Å². The molecule has 0 saturated carbocycles. The summed E-state index contributed by atoms with van der Waals surface area (Å²) in [7, 11) is 3.86. The van der Waals surface area contributed by atoms with Crippen molar-refractivity contribution < 1.29 is 4.74 Å². The van der Waals surface area contributed by atoms with Gasteiger partial charge < -0.3 is 10.1 Å². The van der Waals surface area contributed by atoms with Gasteiger partial charge in [0.15, 0.2) is 0 Å². The van der Waals surface area contributed by atoms with Crippen molar-refractivity contribution in [1.29, 1.82) is 0 Å². The number of benzene rings is 1. The summed E-state index contributed by atoms with van der Waals surface area (Å²) >= 11 is 3.53. The molecule has 1 aromatic carbocycles. The predicted octanol–water partition coefficient (Wildman–Crippen LogP) is 1.75. The lowest BCUT2D eigenvalue weighted by Crippen LogP contribution is -2.47. The van der Waals surface area contributed by atoms with Gasteiger partial charge in [-0.2, -0.15) is 0 Å². The number of nitrogens with zero attached hydrogens (tertiary/aromatic N) is 2. The minimum Gasteiger partial charge on any atom is -0.496 e. The third kappa shape index (κ3) is 4.45. The van der Waals surface area contributed by atoms with Crippen molar-refractivity contribution in [2.45, 2.75) is 6.54 Å². The van der Waals surface area contributed by atoms with Gasteiger partial charge in [0.05, 0.1) is 18.3 Å². The number of piperazine rings is 1. The Bertz CT molecular complexity index is 408. The molecule has 4 nitrogen and oxygen atoms in total. The van der Waals surface area contributed by atoms with Crippen LogP contribution in [0.2, 0.25) is 0 Å². The van der Waals surface area contributed by atoms with Crippen LogP contribution >= 0.6 is 15.9 Å². The number of ether oxygens (including phenoxy) is 1. The van der Waals surface area contributed by atoms with Gasteiger partial charge in [-0.1, -0.05) is 6.07 Å². The number of nitrogens with one attached hydrogen (secondary N) is 1. The molecule has 0 aromatic heterocycles. The van der Waals surface area contributed by atoms with Crippen LogP contribution in [0.4, 0.5) is 0 Å². The lowest BCUT2D eigenvalue weighted by Gasteiger charge is -2.31. The summed E-state index contributed by atoms with van der Waals surface area (Å²) in [5.74, 6) is 0.883. The lowest BCUT2D eigenvalue weighted by molar-refractivity contribution is 0.135. The number of rotatable bonds is 5. The Morgan fingerprint density at radius 1 is 1.37 bits per heavy atom. The zero-order valence-electron chi connectivity index (χ0n) is 11.7. The first kappa shape index (κ1) is 14.8. The Kier molecular flexibility index (Phi) is 5.63. The summed E-state index contributed by atoms with van der Waals surface area (Å²) in [4.78, 5) is 4.83. The van der Waals surface area contributed by atoms with Gasteiger partial charge in [-0.3, -0.25) is 9.80 Å². The second-order valence-corrected chi connectivity index (χ2v) is 5.85. The molecule has 2 rings (SSSR count). The Labute approximate surface area is 123 Å². The van der Waals surface area contributed by atoms with E-state index >= 15 is 0 Å². The van der Waals surface area contributed by atoms with E-state index in [0.717, 1.165) is 49.6 Å². The fourth-order valence-corrected chi connectivity index (χ4v) is 2.95. The highest BCUT2D eigenvalue weighted by Crippen LogP contribution is 2.25. The first-order valence-electron chi connectivity index (χ1n) is 6.63. The van der Waals surface area contributed by atoms with Crippen LogP contribution in [0.1, 0.15) is 5.56 Å². The molecular weight excluding hydrogens is 306 g/mol. The molecule has 1 fully saturated rings. The molecular formula is C14H22BrN3O. The van der Waals surface area contributed by atoms with Gasteiger partial charge in [-0.05, 0) is 40.7 Å². The molecule has 106 valence electrons. The van der Waals surface area contributed by atoms with E-state index in [9.17, 15) is 0 Å². The lowest BCUT2D eigenvalue weighted by atomic mass is 10.2. The zero-order valence-corrected chi connectivity index (χ0v) is 13.2. The molecule has 1 aromatic rings. The predicted molar refractivity (Wildman–Crippen MR) is 81.5 cm³/mol. The van der Waals surface area contributed by atoms with Gasteiger partial charge in [0.25, 0.3) is 0 Å². The molecule has 1 N–H and O–H groups in total. The summed E-state index contributed by atoms with van der Waals surface area (Å²) in [6, 6.07) is 6.27. The van der Waals surface area contributed by atoms with Crippen molar-refractivity contribution in [3.8, 4) is 5.75 Å². The SMILES string of the molecule is COc1ccc(CN(C)CN2CCNCC2)cc1Br. The van der Waals surface area contributed by atoms with Gasteiger partial charge in [-0.25, -0.2) is 0 Å². The summed E-state index contributed by atoms with van der Waals surface area (Å²) in [5, 5.41) is 3.38. The average Bonchev–Trinajstić information content (AvgIpc) is 2.40. The summed E-state index contributed by atoms with van der Waals surface area (Å²) in [6.45, 7) is 6.44. The second kappa shape index (κ2) is 7.24. The first-order chi connectivity index (χ1) is 9.19. The topological polar surface area (TPSA) is 27.7 Å². The van der Waals surface area contributed by atoms with Crippen molar-refractivity contribution in [2.75, 3.05) is 47.0 Å². The molecule has 0 amide bonds. The van der Waals surface area contributed by atoms with Gasteiger partial charge >= 0.3 is 0 Å². The number of halogens is 1. The second-order valence-electron chi connectivity index (χ2n) is 4.99. The molecule has 0 bridgehead atoms. The fraction of sp³-hybridized carbons (Fsp3) is 0.571. The van der Waals surface area contributed by atoms with Crippen LogP contribution in [0.3, 0.4) is 0 Å². The largest absolute Gasteiger partial charge is 0.496 e. The standard InChI is InChI=1S/C14H22BrN3O/c1-17(11-18-7-5-16-6-8-18)10-12-3-4-14(19-2)13(15)9-12/h3-4,9,16H,5-8,10-11H2,1-2H3. The normalized spacial score (nSPS) is 16.8. The fourth-order valence-electron chi connectivity index (χ4n) is 2.36. The van der Waals surface area contributed by atoms with E-state index in [0.29, 0.717) is 0 Å². The smallest absolute Gasteiger partial charge is 0.133 e. The third-order valence-corrected chi connectivity index (χ3v) is 3.94. The van der Waals surface area contributed by atoms with E-state index in [1.807, 2.05) is 6.07 Å². The highest BCUT2D eigenvalue weighted by atomic mass is 79.9. The minimum absolute atomic E-state index is 0.883. The Balaban J connectivity index is 1.87. The first-order valence-corrected chi connectivity index (χ1v) is 7.42. The maximum atomic E-state index is 5.25. The molecule has 1 heterocycles. The summed E-state index contributed by atoms with van der Waals surface area (Å²) < 4.78 is 6.27. The van der Waals surface area contributed by atoms with Gasteiger partial charge in [-0.15, -0.1) is 0 Å². The highest BCUT2D eigenvalue weighted by Gasteiger charge is 2.12. The van der Waals surface area contributed by atoms with Crippen molar-refractivity contribution >= 4 is 15.9 Å². The van der Waals surface area contributed by atoms with Crippen molar-refractivity contribution in [1.82, 2.24) is 15.1 Å². The van der Waals surface area contributed by atoms with Crippen LogP contribution in [-0.2, 0) is 6.54 Å². The number of methoxy groups -OCH3 is 1. The third-order valence-electron chi connectivity index (χ3n) is 3.32. The molecule has 19 heavy (non-hydrogen) atoms. The van der Waals surface area contributed by atoms with Gasteiger partial charge in [0.2, 0.25) is 0 Å². The highest BCUT2D eigenvalue weighted by molar-refractivity contribution is 9.10. The summed E-state index contributed by atoms with van der Waals surface area (Å²) in [6.07, 6.45) is 0. The Morgan fingerprint density at radius 2 is 2.11 bits per heavy atom. The maximum absolute atomic E-state index is 5.25. The molecule has 0 radical (unpaired) electrons. The monoisotopic (exact) mass is 327 g/mol. The molecule has 0 aliphatic carbocycles. The van der Waals surface area contributed by atoms with Crippen LogP contribution < -0.4 is 10.1 Å². The van der Waals surface area contributed by atoms with E-state index < -0.39 is 0 Å². The Morgan fingerprint density at radius 3 is 2.74 bits per heavy atom. The summed E-state index contributed by atoms with van der Waals surface area (Å²) in [5.41, 5.74) is 1.30. The van der Waals surface area contributed by atoms with E-state index in [1.54, 1.807) is 7.11 Å². The molecule has 1 saturated heterocycles. The molecule has 0 unspecified atom stereocenters.